The second-order valence-electron chi connectivity index (χ2n) is 6.48. The van der Waals surface area contributed by atoms with E-state index < -0.39 is 6.10 Å². The maximum absolute atomic E-state index is 11.4. The highest BCUT2D eigenvalue weighted by molar-refractivity contribution is 6.18. The lowest BCUT2D eigenvalue weighted by atomic mass is 10.0. The minimum absolute atomic E-state index is 0.0147. The van der Waals surface area contributed by atoms with E-state index in [2.05, 4.69) is 6.92 Å². The highest BCUT2D eigenvalue weighted by atomic mass is 35.5. The van der Waals surface area contributed by atoms with E-state index in [1.54, 1.807) is 0 Å². The summed E-state index contributed by atoms with van der Waals surface area (Å²) in [5.74, 6) is -0.122. The van der Waals surface area contributed by atoms with Crippen molar-refractivity contribution in [3.05, 3.63) is 0 Å². The molecule has 1 N–H and O–H groups in total. The van der Waals surface area contributed by atoms with Crippen molar-refractivity contribution in [1.82, 2.24) is 0 Å². The normalized spacial score (nSPS) is 12.3. The molecule has 0 heterocycles. The van der Waals surface area contributed by atoms with Gasteiger partial charge in [0, 0.05) is 6.42 Å². The van der Waals surface area contributed by atoms with Crippen LogP contribution in [0.2, 0.25) is 0 Å². The van der Waals surface area contributed by atoms with Gasteiger partial charge in [0.15, 0.2) is 0 Å². The third-order valence-electron chi connectivity index (χ3n) is 4.10. The molecule has 4 heteroatoms. The third kappa shape index (κ3) is 17.9. The van der Waals surface area contributed by atoms with Gasteiger partial charge >= 0.3 is 5.97 Å². The molecule has 23 heavy (non-hydrogen) atoms. The first-order valence-electron chi connectivity index (χ1n) is 9.60. The average molecular weight is 349 g/mol. The summed E-state index contributed by atoms with van der Waals surface area (Å²) >= 11 is 5.43. The number of esters is 1. The monoisotopic (exact) mass is 348 g/mol. The van der Waals surface area contributed by atoms with Gasteiger partial charge in [0.25, 0.3) is 0 Å². The first kappa shape index (κ1) is 22.7. The Hall–Kier alpha value is -0.280. The summed E-state index contributed by atoms with van der Waals surface area (Å²) < 4.78 is 4.93. The second-order valence-corrected chi connectivity index (χ2v) is 6.79. The number of ether oxygens (including phenoxy) is 1. The molecule has 0 amide bonds. The zero-order valence-electron chi connectivity index (χ0n) is 15.0. The Morgan fingerprint density at radius 3 is 1.74 bits per heavy atom. The maximum Gasteiger partial charge on any atom is 0.305 e. The van der Waals surface area contributed by atoms with Crippen molar-refractivity contribution in [2.24, 2.45) is 0 Å². The van der Waals surface area contributed by atoms with E-state index in [1.807, 2.05) is 0 Å². The smallest absolute Gasteiger partial charge is 0.305 e. The molecule has 0 saturated carbocycles. The Balaban J connectivity index is 3.14. The molecule has 1 atom stereocenters. The van der Waals surface area contributed by atoms with Crippen LogP contribution in [-0.4, -0.2) is 29.7 Å². The van der Waals surface area contributed by atoms with Gasteiger partial charge in [-0.3, -0.25) is 4.79 Å². The summed E-state index contributed by atoms with van der Waals surface area (Å²) in [7, 11) is 0. The van der Waals surface area contributed by atoms with E-state index in [9.17, 15) is 9.90 Å². The third-order valence-corrected chi connectivity index (χ3v) is 4.46. The van der Waals surface area contributed by atoms with E-state index in [0.29, 0.717) is 6.42 Å². The molecule has 0 radical (unpaired) electrons. The maximum atomic E-state index is 11.4. The average Bonchev–Trinajstić information content (AvgIpc) is 2.56. The lowest BCUT2D eigenvalue weighted by Crippen LogP contribution is -2.19. The van der Waals surface area contributed by atoms with Crippen LogP contribution < -0.4 is 0 Å². The molecule has 0 bridgehead atoms. The minimum Gasteiger partial charge on any atom is -0.463 e. The molecule has 138 valence electrons. The zero-order chi connectivity index (χ0) is 17.2. The molecule has 0 aliphatic heterocycles. The van der Waals surface area contributed by atoms with Gasteiger partial charge in [-0.25, -0.2) is 0 Å². The van der Waals surface area contributed by atoms with Gasteiger partial charge in [-0.15, -0.1) is 11.6 Å². The molecule has 0 aromatic heterocycles. The molecule has 0 spiro atoms. The van der Waals surface area contributed by atoms with Gasteiger partial charge in [0.05, 0.1) is 5.88 Å². The van der Waals surface area contributed by atoms with Crippen LogP contribution in [0.3, 0.4) is 0 Å². The van der Waals surface area contributed by atoms with Crippen molar-refractivity contribution < 1.29 is 14.6 Å². The number of alkyl halides is 1. The largest absolute Gasteiger partial charge is 0.463 e. The van der Waals surface area contributed by atoms with E-state index in [4.69, 9.17) is 16.3 Å². The number of hydrogen-bond acceptors (Lipinski definition) is 3. The predicted octanol–water partition coefficient (Wildman–Crippen LogP) is 5.61. The van der Waals surface area contributed by atoms with Crippen molar-refractivity contribution in [1.29, 1.82) is 0 Å². The minimum atomic E-state index is -0.743. The fourth-order valence-corrected chi connectivity index (χ4v) is 2.68. The van der Waals surface area contributed by atoms with Crippen LogP contribution in [0.4, 0.5) is 0 Å². The molecule has 0 aromatic carbocycles. The first-order chi connectivity index (χ1) is 11.2. The molecule has 0 aromatic rings. The predicted molar refractivity (Wildman–Crippen MR) is 98.0 cm³/mol. The number of hydrogen-bond donors (Lipinski definition) is 1. The molecule has 0 aliphatic rings. The van der Waals surface area contributed by atoms with Crippen molar-refractivity contribution in [2.45, 2.75) is 103 Å². The Labute approximate surface area is 148 Å². The summed E-state index contributed by atoms with van der Waals surface area (Å²) in [6, 6.07) is 0. The van der Waals surface area contributed by atoms with Crippen molar-refractivity contribution in [3.63, 3.8) is 0 Å². The van der Waals surface area contributed by atoms with E-state index in [1.165, 1.54) is 70.6 Å². The van der Waals surface area contributed by atoms with E-state index >= 15 is 0 Å². The fraction of sp³-hybridized carbons (Fsp3) is 0.947. The van der Waals surface area contributed by atoms with Gasteiger partial charge in [0.2, 0.25) is 0 Å². The lowest BCUT2D eigenvalue weighted by Gasteiger charge is -2.08. The molecule has 0 aliphatic carbocycles. The molecule has 0 fully saturated rings. The van der Waals surface area contributed by atoms with Gasteiger partial charge < -0.3 is 9.84 Å². The Morgan fingerprint density at radius 2 is 1.30 bits per heavy atom. The number of aliphatic hydroxyl groups is 1. The van der Waals surface area contributed by atoms with Crippen LogP contribution in [0.1, 0.15) is 96.8 Å². The quantitative estimate of drug-likeness (QED) is 0.211. The van der Waals surface area contributed by atoms with Crippen molar-refractivity contribution >= 4 is 17.6 Å². The Morgan fingerprint density at radius 1 is 0.870 bits per heavy atom. The SMILES string of the molecule is CCCCCCCCCCCCCCCC(=O)OC[C@H](O)CCl. The highest BCUT2D eigenvalue weighted by Gasteiger charge is 2.07. The van der Waals surface area contributed by atoms with E-state index in [-0.39, 0.29) is 18.5 Å². The molecule has 0 saturated heterocycles. The molecular weight excluding hydrogens is 312 g/mol. The number of aliphatic hydroxyl groups excluding tert-OH is 1. The standard InChI is InChI=1S/C19H37ClO3/c1-2-3-4-5-6-7-8-9-10-11-12-13-14-15-19(22)23-17-18(21)16-20/h18,21H,2-17H2,1H3/t18-/m1/s1. The van der Waals surface area contributed by atoms with Gasteiger partial charge in [-0.05, 0) is 6.42 Å². The van der Waals surface area contributed by atoms with E-state index in [0.717, 1.165) is 12.8 Å². The van der Waals surface area contributed by atoms with Crippen molar-refractivity contribution in [2.75, 3.05) is 12.5 Å². The van der Waals surface area contributed by atoms with Crippen molar-refractivity contribution in [3.8, 4) is 0 Å². The Kier molecular flexibility index (Phi) is 17.8. The topological polar surface area (TPSA) is 46.5 Å². The number of unbranched alkanes of at least 4 members (excludes halogenated alkanes) is 12. The van der Waals surface area contributed by atoms with Crippen LogP contribution in [-0.2, 0) is 9.53 Å². The number of halogens is 1. The number of carbonyl (C=O) groups excluding carboxylic acids is 1. The first-order valence-corrected chi connectivity index (χ1v) is 10.1. The Bertz CT molecular complexity index is 259. The number of rotatable bonds is 17. The summed E-state index contributed by atoms with van der Waals surface area (Å²) in [5.41, 5.74) is 0. The van der Waals surface area contributed by atoms with Crippen LogP contribution in [0.15, 0.2) is 0 Å². The fourth-order valence-electron chi connectivity index (χ4n) is 2.59. The molecule has 3 nitrogen and oxygen atoms in total. The lowest BCUT2D eigenvalue weighted by molar-refractivity contribution is -0.146. The highest BCUT2D eigenvalue weighted by Crippen LogP contribution is 2.13. The summed E-state index contributed by atoms with van der Waals surface area (Å²) in [6.07, 6.45) is 16.5. The summed E-state index contributed by atoms with van der Waals surface area (Å²) in [4.78, 5) is 11.4. The second kappa shape index (κ2) is 18.1. The molecule has 0 rings (SSSR count). The van der Waals surface area contributed by atoms with Gasteiger partial charge in [-0.1, -0.05) is 84.0 Å². The van der Waals surface area contributed by atoms with Crippen LogP contribution in [0.25, 0.3) is 0 Å². The number of carbonyl (C=O) groups is 1. The molecule has 0 unspecified atom stereocenters. The van der Waals surface area contributed by atoms with Gasteiger partial charge in [0.1, 0.15) is 12.7 Å². The van der Waals surface area contributed by atoms with Crippen LogP contribution >= 0.6 is 11.6 Å². The van der Waals surface area contributed by atoms with Crippen LogP contribution in [0.5, 0.6) is 0 Å². The summed E-state index contributed by atoms with van der Waals surface area (Å²) in [6.45, 7) is 2.27. The molecular formula is C19H37ClO3. The summed E-state index contributed by atoms with van der Waals surface area (Å²) in [5, 5.41) is 9.18. The van der Waals surface area contributed by atoms with Crippen LogP contribution in [0, 0.1) is 0 Å². The van der Waals surface area contributed by atoms with Gasteiger partial charge in [-0.2, -0.15) is 0 Å². The zero-order valence-corrected chi connectivity index (χ0v) is 15.8.